The van der Waals surface area contributed by atoms with E-state index >= 15 is 0 Å². The molecule has 0 bridgehead atoms. The Morgan fingerprint density at radius 2 is 1.60 bits per heavy atom. The van der Waals surface area contributed by atoms with Crippen molar-refractivity contribution in [3.05, 3.63) is 96.6 Å². The molecule has 0 aliphatic carbocycles. The van der Waals surface area contributed by atoms with E-state index in [1.807, 2.05) is 85.8 Å². The van der Waals surface area contributed by atoms with Crippen LogP contribution >= 0.6 is 0 Å². The number of benzene rings is 2. The highest BCUT2D eigenvalue weighted by atomic mass is 16.4. The van der Waals surface area contributed by atoms with E-state index in [0.717, 1.165) is 28.3 Å². The molecule has 0 spiro atoms. The van der Waals surface area contributed by atoms with E-state index in [1.54, 1.807) is 6.20 Å². The van der Waals surface area contributed by atoms with Crippen LogP contribution in [-0.2, 0) is 11.2 Å². The minimum atomic E-state index is -0.150. The number of nitrogens with zero attached hydrogens (tertiary/aromatic N) is 2. The second kappa shape index (κ2) is 9.18. The molecule has 2 aromatic heterocycles. The summed E-state index contributed by atoms with van der Waals surface area (Å²) in [5.41, 5.74) is 3.57. The third kappa shape index (κ3) is 4.63. The molecule has 1 N–H and O–H groups in total. The van der Waals surface area contributed by atoms with Crippen molar-refractivity contribution in [3.63, 3.8) is 0 Å². The summed E-state index contributed by atoms with van der Waals surface area (Å²) in [5, 5.41) is 2.98. The van der Waals surface area contributed by atoms with Crippen molar-refractivity contribution in [2.75, 3.05) is 0 Å². The first-order chi connectivity index (χ1) is 14.7. The summed E-state index contributed by atoms with van der Waals surface area (Å²) in [6.07, 6.45) is 2.44. The fourth-order valence-electron chi connectivity index (χ4n) is 3.29. The molecule has 150 valence electrons. The van der Waals surface area contributed by atoms with Crippen LogP contribution in [0.3, 0.4) is 0 Å². The summed E-state index contributed by atoms with van der Waals surface area (Å²) in [5.74, 6) is 1.21. The minimum Gasteiger partial charge on any atom is -0.440 e. The highest BCUT2D eigenvalue weighted by Gasteiger charge is 2.18. The van der Waals surface area contributed by atoms with Crippen molar-refractivity contribution in [2.24, 2.45) is 0 Å². The molecule has 0 aliphatic rings. The van der Waals surface area contributed by atoms with Crippen LogP contribution in [0.4, 0.5) is 0 Å². The molecule has 2 aromatic carbocycles. The van der Waals surface area contributed by atoms with Crippen molar-refractivity contribution in [1.29, 1.82) is 0 Å². The first-order valence-corrected chi connectivity index (χ1v) is 10.0. The lowest BCUT2D eigenvalue weighted by Crippen LogP contribution is -2.27. The zero-order chi connectivity index (χ0) is 20.8. The van der Waals surface area contributed by atoms with Crippen LogP contribution in [0.25, 0.3) is 22.6 Å². The maximum absolute atomic E-state index is 12.4. The first-order valence-electron chi connectivity index (χ1n) is 10.0. The number of rotatable bonds is 7. The van der Waals surface area contributed by atoms with Gasteiger partial charge in [-0.05, 0) is 19.1 Å². The van der Waals surface area contributed by atoms with Crippen LogP contribution in [0.15, 0.2) is 89.5 Å². The van der Waals surface area contributed by atoms with Crippen LogP contribution in [0, 0.1) is 0 Å². The van der Waals surface area contributed by atoms with Gasteiger partial charge in [0.15, 0.2) is 11.7 Å². The Balaban J connectivity index is 1.49. The fourth-order valence-corrected chi connectivity index (χ4v) is 3.29. The van der Waals surface area contributed by atoms with Crippen molar-refractivity contribution >= 4 is 5.91 Å². The molecule has 0 fully saturated rings. The number of hydrogen-bond donors (Lipinski definition) is 1. The first kappa shape index (κ1) is 19.6. The van der Waals surface area contributed by atoms with Gasteiger partial charge in [-0.2, -0.15) is 0 Å². The van der Waals surface area contributed by atoms with Crippen molar-refractivity contribution in [1.82, 2.24) is 15.3 Å². The quantitative estimate of drug-likeness (QED) is 0.465. The molecule has 0 radical (unpaired) electrons. The second-order valence-electron chi connectivity index (χ2n) is 7.06. The van der Waals surface area contributed by atoms with Gasteiger partial charge in [0.1, 0.15) is 5.69 Å². The normalized spacial score (nSPS) is 11.8. The molecule has 0 saturated carbocycles. The van der Waals surface area contributed by atoms with Gasteiger partial charge in [-0.15, -0.1) is 0 Å². The number of carbonyl (C=O) groups is 1. The summed E-state index contributed by atoms with van der Waals surface area (Å²) >= 11 is 0. The molecule has 1 unspecified atom stereocenters. The average Bonchev–Trinajstić information content (AvgIpc) is 3.24. The Kier molecular flexibility index (Phi) is 5.99. The third-order valence-electron chi connectivity index (χ3n) is 4.83. The van der Waals surface area contributed by atoms with Gasteiger partial charge in [0.05, 0.1) is 11.7 Å². The van der Waals surface area contributed by atoms with Gasteiger partial charge >= 0.3 is 0 Å². The second-order valence-corrected chi connectivity index (χ2v) is 7.06. The maximum Gasteiger partial charge on any atom is 0.221 e. The monoisotopic (exact) mass is 397 g/mol. The van der Waals surface area contributed by atoms with E-state index in [-0.39, 0.29) is 11.9 Å². The highest BCUT2D eigenvalue weighted by Crippen LogP contribution is 2.32. The van der Waals surface area contributed by atoms with Crippen LogP contribution in [0.5, 0.6) is 0 Å². The van der Waals surface area contributed by atoms with E-state index in [9.17, 15) is 4.79 Å². The van der Waals surface area contributed by atoms with Crippen LogP contribution in [-0.4, -0.2) is 15.9 Å². The predicted molar refractivity (Wildman–Crippen MR) is 116 cm³/mol. The molecular weight excluding hydrogens is 374 g/mol. The van der Waals surface area contributed by atoms with E-state index in [0.29, 0.717) is 18.7 Å². The van der Waals surface area contributed by atoms with Crippen molar-refractivity contribution in [2.45, 2.75) is 25.8 Å². The summed E-state index contributed by atoms with van der Waals surface area (Å²) in [7, 11) is 0. The Labute approximate surface area is 175 Å². The van der Waals surface area contributed by atoms with Gasteiger partial charge in [-0.1, -0.05) is 66.7 Å². The number of pyridine rings is 1. The maximum atomic E-state index is 12.4. The van der Waals surface area contributed by atoms with E-state index in [4.69, 9.17) is 9.40 Å². The highest BCUT2D eigenvalue weighted by molar-refractivity contribution is 5.78. The number of aromatic nitrogens is 2. The summed E-state index contributed by atoms with van der Waals surface area (Å²) in [6, 6.07) is 25.4. The van der Waals surface area contributed by atoms with E-state index < -0.39 is 0 Å². The van der Waals surface area contributed by atoms with E-state index in [1.165, 1.54) is 0 Å². The largest absolute Gasteiger partial charge is 0.440 e. The molecule has 4 aromatic rings. The smallest absolute Gasteiger partial charge is 0.221 e. The molecule has 0 saturated heterocycles. The zero-order valence-electron chi connectivity index (χ0n) is 16.8. The Bertz CT molecular complexity index is 1040. The van der Waals surface area contributed by atoms with Crippen molar-refractivity contribution in [3.8, 4) is 22.6 Å². The van der Waals surface area contributed by atoms with Gasteiger partial charge in [-0.25, -0.2) is 4.98 Å². The topological polar surface area (TPSA) is 68.0 Å². The standard InChI is InChI=1S/C25H23N3O2/c1-18(21-14-8-9-17-26-21)27-22(29)15-16-23-28-24(19-10-4-2-5-11-19)25(30-23)20-12-6-3-7-13-20/h2-14,17-18H,15-16H2,1H3,(H,27,29). The molecule has 1 atom stereocenters. The lowest BCUT2D eigenvalue weighted by atomic mass is 10.1. The van der Waals surface area contributed by atoms with Gasteiger partial charge in [0, 0.05) is 30.2 Å². The molecule has 1 amide bonds. The summed E-state index contributed by atoms with van der Waals surface area (Å²) in [4.78, 5) is 21.4. The summed E-state index contributed by atoms with van der Waals surface area (Å²) < 4.78 is 6.09. The molecule has 2 heterocycles. The number of carbonyl (C=O) groups excluding carboxylic acids is 1. The predicted octanol–water partition coefficient (Wildman–Crippen LogP) is 5.21. The van der Waals surface area contributed by atoms with Gasteiger partial charge in [0.2, 0.25) is 5.91 Å². The Morgan fingerprint density at radius 3 is 2.27 bits per heavy atom. The van der Waals surface area contributed by atoms with E-state index in [2.05, 4.69) is 10.3 Å². The van der Waals surface area contributed by atoms with Gasteiger partial charge < -0.3 is 9.73 Å². The minimum absolute atomic E-state index is 0.0612. The summed E-state index contributed by atoms with van der Waals surface area (Å²) in [6.45, 7) is 1.92. The number of nitrogens with one attached hydrogen (secondary N) is 1. The molecule has 0 aliphatic heterocycles. The molecule has 5 heteroatoms. The molecule has 30 heavy (non-hydrogen) atoms. The fraction of sp³-hybridized carbons (Fsp3) is 0.160. The zero-order valence-corrected chi connectivity index (χ0v) is 16.8. The van der Waals surface area contributed by atoms with Crippen LogP contribution in [0.2, 0.25) is 0 Å². The number of amides is 1. The number of hydrogen-bond acceptors (Lipinski definition) is 4. The van der Waals surface area contributed by atoms with Crippen molar-refractivity contribution < 1.29 is 9.21 Å². The molecular formula is C25H23N3O2. The number of oxazole rings is 1. The number of aryl methyl sites for hydroxylation is 1. The van der Waals surface area contributed by atoms with Gasteiger partial charge in [-0.3, -0.25) is 9.78 Å². The lowest BCUT2D eigenvalue weighted by molar-refractivity contribution is -0.121. The Morgan fingerprint density at radius 1 is 0.933 bits per heavy atom. The van der Waals surface area contributed by atoms with Crippen LogP contribution in [0.1, 0.15) is 31.0 Å². The molecule has 4 rings (SSSR count). The van der Waals surface area contributed by atoms with Gasteiger partial charge in [0.25, 0.3) is 0 Å². The third-order valence-corrected chi connectivity index (χ3v) is 4.83. The lowest BCUT2D eigenvalue weighted by Gasteiger charge is -2.12. The van der Waals surface area contributed by atoms with Crippen LogP contribution < -0.4 is 5.32 Å². The molecule has 5 nitrogen and oxygen atoms in total. The average molecular weight is 397 g/mol. The SMILES string of the molecule is CC(NC(=O)CCc1nc(-c2ccccc2)c(-c2ccccc2)o1)c1ccccn1. The Hall–Kier alpha value is -3.73.